The van der Waals surface area contributed by atoms with Crippen molar-refractivity contribution in [3.05, 3.63) is 182 Å². The first-order valence-corrected chi connectivity index (χ1v) is 19.8. The smallest absolute Gasteiger partial charge is 0.656 e. The Morgan fingerprint density at radius 3 is 0.788 bits per heavy atom. The van der Waals surface area contributed by atoms with Crippen molar-refractivity contribution in [2.75, 3.05) is 26.7 Å². The Morgan fingerprint density at radius 2 is 0.576 bits per heavy atom. The molecule has 2 aliphatic heterocycles. The average molecular weight is 935 g/mol. The summed E-state index contributed by atoms with van der Waals surface area (Å²) in [4.78, 5) is 21.1. The maximum absolute atomic E-state index is 14.1. The van der Waals surface area contributed by atoms with Crippen molar-refractivity contribution in [3.63, 3.8) is 0 Å². The molecule has 0 fully saturated rings. The van der Waals surface area contributed by atoms with Gasteiger partial charge in [0.05, 0.1) is 45.0 Å². The predicted molar refractivity (Wildman–Crippen MR) is 255 cm³/mol. The van der Waals surface area contributed by atoms with E-state index in [1.807, 2.05) is 164 Å². The zero-order valence-electron chi connectivity index (χ0n) is 38.0. The topological polar surface area (TPSA) is 69.5 Å². The van der Waals surface area contributed by atoms with Crippen molar-refractivity contribution in [2.45, 2.75) is 26.2 Å². The second kappa shape index (κ2) is 24.1. The van der Waals surface area contributed by atoms with Crippen LogP contribution in [0.15, 0.2) is 122 Å². The molecule has 0 N–H and O–H groups in total. The molecule has 66 heavy (non-hydrogen) atoms. The molecule has 0 saturated heterocycles. The molecule has 343 valence electrons. The Balaban J connectivity index is 0.00000193. The number of hydrogen-bond donors (Lipinski definition) is 0. The zero-order valence-corrected chi connectivity index (χ0v) is 39.2. The van der Waals surface area contributed by atoms with Crippen LogP contribution in [0.25, 0.3) is 91.4 Å². The summed E-state index contributed by atoms with van der Waals surface area (Å²) in [6.07, 6.45) is 15.0. The minimum Gasteiger partial charge on any atom is -0.656 e. The van der Waals surface area contributed by atoms with E-state index in [0.29, 0.717) is 89.9 Å². The summed E-state index contributed by atoms with van der Waals surface area (Å²) < 4.78 is 63.8. The van der Waals surface area contributed by atoms with Gasteiger partial charge in [0, 0.05) is 48.5 Å². The van der Waals surface area contributed by atoms with E-state index in [9.17, 15) is 17.6 Å². The number of alkyl halides is 4. The van der Waals surface area contributed by atoms with E-state index in [-0.39, 0.29) is 80.4 Å². The van der Waals surface area contributed by atoms with Crippen LogP contribution in [-0.4, -0.2) is 36.7 Å². The molecule has 13 heteroatoms. The maximum Gasteiger partial charge on any atom is 2.00 e. The molecule has 0 saturated carbocycles. The van der Waals surface area contributed by atoms with E-state index >= 15 is 0 Å². The summed E-state index contributed by atoms with van der Waals surface area (Å²) in [6, 6.07) is 30.4. The fraction of sp³-hybridized carbons (Fsp3) is 0.151. The molecule has 7 aromatic rings. The fourth-order valence-corrected chi connectivity index (χ4v) is 8.09. The molecule has 1 radical (unpaired) electrons. The van der Waals surface area contributed by atoms with Gasteiger partial charge in [-0.1, -0.05) is 24.3 Å². The molecule has 9 heterocycles. The van der Waals surface area contributed by atoms with Gasteiger partial charge in [-0.2, -0.15) is 18.3 Å². The number of aromatic nitrogens is 8. The van der Waals surface area contributed by atoms with Gasteiger partial charge in [-0.15, -0.1) is 22.1 Å². The number of aryl methyl sites for hydroxylation is 4. The molecular weight excluding hydrogens is 880 g/mol. The van der Waals surface area contributed by atoms with Crippen LogP contribution >= 0.6 is 0 Å². The Bertz CT molecular complexity index is 2590. The van der Waals surface area contributed by atoms with Crippen molar-refractivity contribution >= 4 is 46.4 Å². The number of rotatable bonds is 12. The van der Waals surface area contributed by atoms with Crippen LogP contribution in [-0.2, 0) is 43.2 Å². The molecule has 2 aliphatic rings. The van der Waals surface area contributed by atoms with Gasteiger partial charge < -0.3 is 47.1 Å². The molecule has 9 rings (SSSR count). The van der Waals surface area contributed by atoms with Crippen LogP contribution in [0.3, 0.4) is 0 Å². The Morgan fingerprint density at radius 1 is 0.348 bits per heavy atom. The summed E-state index contributed by atoms with van der Waals surface area (Å²) in [7, 11) is 0. The van der Waals surface area contributed by atoms with Crippen LogP contribution in [0.4, 0.5) is 17.6 Å². The SMILES string of the molecule is FCC[n+]1ccccc1-c1c2nc(c(-c3cccc[n+]3CCF)c3ccc([n-]3)c(-c3cccc[n+]3CCF)c3nc(c(-c4cccc[n+]4CCF)c4ccc1[n-]4)C=C3)C=C2.[CH3-].[CH3-].[CH3-].[CH3-].[CH3-].[Mn+2]. The quantitative estimate of drug-likeness (QED) is 0.0530. The van der Waals surface area contributed by atoms with Gasteiger partial charge in [0.15, 0.2) is 51.0 Å². The van der Waals surface area contributed by atoms with Crippen LogP contribution < -0.4 is 28.2 Å². The number of halogens is 4. The first-order chi connectivity index (χ1) is 29.6. The van der Waals surface area contributed by atoms with Crippen molar-refractivity contribution in [2.24, 2.45) is 0 Å². The van der Waals surface area contributed by atoms with E-state index in [2.05, 4.69) is 0 Å². The number of pyridine rings is 4. The fourth-order valence-electron chi connectivity index (χ4n) is 8.09. The number of hydrogen-bond acceptors (Lipinski definition) is 2. The standard InChI is InChI=1S/C48H40F4N8.5CH3.Mn/c49-21-29-57-25-5-1-9-41(57)45-33-13-15-35(53-33)46(42-10-2-6-26-58(42)30-22-50)37-17-19-39(55-37)48(44-12-4-8-28-60(44)32-24-52)40-20-18-38(56-40)47(36-16-14-34(45)54-36)43-11-3-7-27-59(43)31-23-51;;;;;;/h1-20,25-28H,21-24,29-32H2;5*1H3;/q+2;5*-1;+2. The number of nitrogens with zero attached hydrogens (tertiary/aromatic N) is 8. The number of fused-ring (bicyclic) bond motifs is 8. The molecule has 8 nitrogen and oxygen atoms in total. The Labute approximate surface area is 397 Å². The molecular formula is C53H55F4MnN8-. The van der Waals surface area contributed by atoms with Crippen LogP contribution in [0.2, 0.25) is 0 Å². The van der Waals surface area contributed by atoms with Gasteiger partial charge in [0.2, 0.25) is 22.8 Å². The minimum atomic E-state index is -0.582. The van der Waals surface area contributed by atoms with E-state index in [1.54, 1.807) is 0 Å². The summed E-state index contributed by atoms with van der Waals surface area (Å²) in [5.74, 6) is 0. The molecule has 0 atom stereocenters. The van der Waals surface area contributed by atoms with Gasteiger partial charge in [0.25, 0.3) is 0 Å². The second-order valence-corrected chi connectivity index (χ2v) is 14.2. The first kappa shape index (κ1) is 53.8. The van der Waals surface area contributed by atoms with E-state index in [0.717, 1.165) is 0 Å². The third-order valence-electron chi connectivity index (χ3n) is 10.7. The van der Waals surface area contributed by atoms with Crippen LogP contribution in [0.1, 0.15) is 22.8 Å². The molecule has 8 bridgehead atoms. The van der Waals surface area contributed by atoms with E-state index < -0.39 is 26.7 Å². The summed E-state index contributed by atoms with van der Waals surface area (Å²) in [6.45, 7) is -1.88. The largest absolute Gasteiger partial charge is 2.00 e. The van der Waals surface area contributed by atoms with Gasteiger partial charge >= 0.3 is 17.1 Å². The molecule has 0 aliphatic carbocycles. The third kappa shape index (κ3) is 10.3. The zero-order chi connectivity index (χ0) is 41.0. The molecule has 0 amide bonds. The van der Waals surface area contributed by atoms with E-state index in [4.69, 9.17) is 19.9 Å². The second-order valence-electron chi connectivity index (χ2n) is 14.2. The molecule has 0 spiro atoms. The summed E-state index contributed by atoms with van der Waals surface area (Å²) in [5, 5.41) is 0. The van der Waals surface area contributed by atoms with Crippen molar-refractivity contribution in [1.82, 2.24) is 19.9 Å². The first-order valence-electron chi connectivity index (χ1n) is 19.8. The van der Waals surface area contributed by atoms with Crippen molar-refractivity contribution < 1.29 is 52.9 Å². The molecule has 0 unspecified atom stereocenters. The summed E-state index contributed by atoms with van der Waals surface area (Å²) >= 11 is 0. The van der Waals surface area contributed by atoms with E-state index in [1.165, 1.54) is 0 Å². The summed E-state index contributed by atoms with van der Waals surface area (Å²) in [5.41, 5.74) is 10.2. The van der Waals surface area contributed by atoms with Crippen molar-refractivity contribution in [1.29, 1.82) is 0 Å². The average Bonchev–Trinajstić information content (AvgIpc) is 4.12. The van der Waals surface area contributed by atoms with Gasteiger partial charge in [0.1, 0.15) is 26.7 Å². The normalized spacial score (nSPS) is 11.0. The minimum absolute atomic E-state index is 0. The van der Waals surface area contributed by atoms with Gasteiger partial charge in [-0.3, -0.25) is 0 Å². The van der Waals surface area contributed by atoms with Gasteiger partial charge in [-0.25, -0.2) is 27.5 Å². The van der Waals surface area contributed by atoms with Gasteiger partial charge in [-0.05, 0) is 48.6 Å². The maximum atomic E-state index is 14.1. The van der Waals surface area contributed by atoms with Crippen LogP contribution in [0.5, 0.6) is 0 Å². The van der Waals surface area contributed by atoms with Crippen LogP contribution in [0, 0.1) is 37.1 Å². The molecule has 7 aromatic heterocycles. The Kier molecular flexibility index (Phi) is 19.6. The monoisotopic (exact) mass is 934 g/mol. The molecule has 0 aromatic carbocycles. The van der Waals surface area contributed by atoms with Crippen molar-refractivity contribution in [3.8, 4) is 45.0 Å². The predicted octanol–water partition coefficient (Wildman–Crippen LogP) is 9.86. The Hall–Kier alpha value is -6.56. The third-order valence-corrected chi connectivity index (χ3v) is 10.7.